The van der Waals surface area contributed by atoms with E-state index in [1.807, 2.05) is 17.0 Å². The quantitative estimate of drug-likeness (QED) is 0.651. The molecule has 0 radical (unpaired) electrons. The molecule has 1 aromatic carbocycles. The molecule has 1 aliphatic heterocycles. The van der Waals surface area contributed by atoms with Crippen molar-refractivity contribution in [2.45, 2.75) is 26.2 Å². The molecule has 3 rings (SSSR count). The number of nitrogens with one attached hydrogen (secondary N) is 1. The normalized spacial score (nSPS) is 15.0. The summed E-state index contributed by atoms with van der Waals surface area (Å²) in [4.78, 5) is 21.4. The van der Waals surface area contributed by atoms with Crippen molar-refractivity contribution in [1.82, 2.24) is 14.8 Å². The number of anilines is 1. The Morgan fingerprint density at radius 2 is 1.90 bits per heavy atom. The first-order chi connectivity index (χ1) is 14.3. The van der Waals surface area contributed by atoms with Gasteiger partial charge in [0.25, 0.3) is 5.91 Å². The van der Waals surface area contributed by atoms with Crippen LogP contribution in [0, 0.1) is 0 Å². The first-order valence-corrected chi connectivity index (χ1v) is 10.7. The van der Waals surface area contributed by atoms with Crippen molar-refractivity contribution in [2.75, 3.05) is 44.6 Å². The molecule has 1 amide bonds. The smallest absolute Gasteiger partial charge is 0.255 e. The van der Waals surface area contributed by atoms with E-state index in [1.54, 1.807) is 12.4 Å². The van der Waals surface area contributed by atoms with Crippen molar-refractivity contribution >= 4 is 17.7 Å². The van der Waals surface area contributed by atoms with Crippen LogP contribution in [-0.4, -0.2) is 60.0 Å². The highest BCUT2D eigenvalue weighted by atomic mass is 16.2. The largest absolute Gasteiger partial charge is 0.384 e. The Hall–Kier alpha value is -2.66. The summed E-state index contributed by atoms with van der Waals surface area (Å²) in [6.07, 6.45) is 11.4. The van der Waals surface area contributed by atoms with E-state index < -0.39 is 0 Å². The average Bonchev–Trinajstić information content (AvgIpc) is 2.78. The Bertz CT molecular complexity index is 782. The number of carbonyl (C=O) groups is 1. The SMILES string of the molecule is CCCCCNc1cncc(C(=O)N2CCN(C/C=C/c3ccccc3)CC2)c1. The Morgan fingerprint density at radius 3 is 2.66 bits per heavy atom. The zero-order chi connectivity index (χ0) is 20.3. The summed E-state index contributed by atoms with van der Waals surface area (Å²) >= 11 is 0. The van der Waals surface area contributed by atoms with Gasteiger partial charge in [-0.3, -0.25) is 14.7 Å². The van der Waals surface area contributed by atoms with Crippen molar-refractivity contribution in [1.29, 1.82) is 0 Å². The highest BCUT2D eigenvalue weighted by Gasteiger charge is 2.22. The van der Waals surface area contributed by atoms with Crippen LogP contribution in [0.3, 0.4) is 0 Å². The summed E-state index contributed by atoms with van der Waals surface area (Å²) < 4.78 is 0. The Labute approximate surface area is 174 Å². The Morgan fingerprint density at radius 1 is 1.10 bits per heavy atom. The van der Waals surface area contributed by atoms with Crippen molar-refractivity contribution in [3.63, 3.8) is 0 Å². The van der Waals surface area contributed by atoms with E-state index in [1.165, 1.54) is 18.4 Å². The van der Waals surface area contributed by atoms with Crippen LogP contribution in [0.4, 0.5) is 5.69 Å². The molecule has 0 aliphatic carbocycles. The van der Waals surface area contributed by atoms with Crippen LogP contribution in [0.25, 0.3) is 6.08 Å². The van der Waals surface area contributed by atoms with E-state index in [-0.39, 0.29) is 5.91 Å². The van der Waals surface area contributed by atoms with Crippen molar-refractivity contribution in [3.8, 4) is 0 Å². The fraction of sp³-hybridized carbons (Fsp3) is 0.417. The zero-order valence-corrected chi connectivity index (χ0v) is 17.4. The van der Waals surface area contributed by atoms with Gasteiger partial charge < -0.3 is 10.2 Å². The Balaban J connectivity index is 1.45. The number of amides is 1. The lowest BCUT2D eigenvalue weighted by molar-refractivity contribution is 0.0650. The summed E-state index contributed by atoms with van der Waals surface area (Å²) in [5.41, 5.74) is 2.82. The second kappa shape index (κ2) is 11.4. The summed E-state index contributed by atoms with van der Waals surface area (Å²) in [7, 11) is 0. The van der Waals surface area contributed by atoms with Crippen molar-refractivity contribution in [3.05, 3.63) is 66.0 Å². The van der Waals surface area contributed by atoms with Gasteiger partial charge in [-0.25, -0.2) is 0 Å². The summed E-state index contributed by atoms with van der Waals surface area (Å²) in [6.45, 7) is 7.33. The van der Waals surface area contributed by atoms with E-state index in [0.29, 0.717) is 5.56 Å². The molecule has 1 fully saturated rings. The number of hydrogen-bond acceptors (Lipinski definition) is 4. The van der Waals surface area contributed by atoms with Gasteiger partial charge in [0, 0.05) is 51.7 Å². The van der Waals surface area contributed by atoms with E-state index in [4.69, 9.17) is 0 Å². The van der Waals surface area contributed by atoms with Gasteiger partial charge in [-0.1, -0.05) is 62.2 Å². The van der Waals surface area contributed by atoms with Crippen molar-refractivity contribution in [2.24, 2.45) is 0 Å². The van der Waals surface area contributed by atoms with Gasteiger partial charge in [-0.15, -0.1) is 0 Å². The highest BCUT2D eigenvalue weighted by Crippen LogP contribution is 2.13. The van der Waals surface area contributed by atoms with E-state index in [9.17, 15) is 4.79 Å². The standard InChI is InChI=1S/C24H32N4O/c1-2-3-7-12-26-23-18-22(19-25-20-23)24(29)28-16-14-27(15-17-28)13-8-11-21-9-5-4-6-10-21/h4-6,8-11,18-20,26H,2-3,7,12-17H2,1H3/b11-8+. The molecule has 5 heteroatoms. The molecule has 5 nitrogen and oxygen atoms in total. The second-order valence-electron chi connectivity index (χ2n) is 7.50. The molecular formula is C24H32N4O. The summed E-state index contributed by atoms with van der Waals surface area (Å²) in [6, 6.07) is 12.3. The zero-order valence-electron chi connectivity index (χ0n) is 17.4. The predicted octanol–water partition coefficient (Wildman–Crippen LogP) is 4.15. The third-order valence-electron chi connectivity index (χ3n) is 5.23. The maximum Gasteiger partial charge on any atom is 0.255 e. The molecule has 2 aromatic rings. The van der Waals surface area contributed by atoms with Crippen LogP contribution >= 0.6 is 0 Å². The second-order valence-corrected chi connectivity index (χ2v) is 7.50. The maximum atomic E-state index is 12.9. The van der Waals surface area contributed by atoms with E-state index in [0.717, 1.165) is 51.4 Å². The number of benzene rings is 1. The van der Waals surface area contributed by atoms with Gasteiger partial charge in [0.05, 0.1) is 11.3 Å². The van der Waals surface area contributed by atoms with E-state index >= 15 is 0 Å². The van der Waals surface area contributed by atoms with E-state index in [2.05, 4.69) is 58.5 Å². The first-order valence-electron chi connectivity index (χ1n) is 10.7. The molecule has 154 valence electrons. The number of piperazine rings is 1. The third-order valence-corrected chi connectivity index (χ3v) is 5.23. The third kappa shape index (κ3) is 6.71. The number of rotatable bonds is 9. The van der Waals surface area contributed by atoms with Gasteiger partial charge in [0.2, 0.25) is 0 Å². The fourth-order valence-electron chi connectivity index (χ4n) is 3.48. The molecule has 0 spiro atoms. The Kier molecular flexibility index (Phi) is 8.25. The molecule has 29 heavy (non-hydrogen) atoms. The van der Waals surface area contributed by atoms with Gasteiger partial charge >= 0.3 is 0 Å². The van der Waals surface area contributed by atoms with Crippen molar-refractivity contribution < 1.29 is 4.79 Å². The molecule has 0 unspecified atom stereocenters. The lowest BCUT2D eigenvalue weighted by Crippen LogP contribution is -2.48. The van der Waals surface area contributed by atoms with Crippen LogP contribution in [-0.2, 0) is 0 Å². The molecule has 1 saturated heterocycles. The lowest BCUT2D eigenvalue weighted by atomic mass is 10.2. The summed E-state index contributed by atoms with van der Waals surface area (Å²) in [5, 5.41) is 3.37. The van der Waals surface area contributed by atoms with Gasteiger partial charge in [-0.2, -0.15) is 0 Å². The number of unbranched alkanes of at least 4 members (excludes halogenated alkanes) is 2. The molecule has 0 bridgehead atoms. The minimum Gasteiger partial charge on any atom is -0.384 e. The van der Waals surface area contributed by atoms with Gasteiger partial charge in [-0.05, 0) is 18.1 Å². The fourth-order valence-corrected chi connectivity index (χ4v) is 3.48. The van der Waals surface area contributed by atoms with Crippen LogP contribution in [0.2, 0.25) is 0 Å². The molecule has 1 aliphatic rings. The number of pyridine rings is 1. The van der Waals surface area contributed by atoms with Crippen LogP contribution in [0.15, 0.2) is 54.9 Å². The molecule has 2 heterocycles. The number of hydrogen-bond donors (Lipinski definition) is 1. The van der Waals surface area contributed by atoms with Crippen LogP contribution < -0.4 is 5.32 Å². The van der Waals surface area contributed by atoms with Gasteiger partial charge in [0.15, 0.2) is 0 Å². The molecule has 1 N–H and O–H groups in total. The molecular weight excluding hydrogens is 360 g/mol. The molecule has 0 atom stereocenters. The summed E-state index contributed by atoms with van der Waals surface area (Å²) in [5.74, 6) is 0.0779. The minimum atomic E-state index is 0.0779. The number of nitrogens with zero attached hydrogens (tertiary/aromatic N) is 3. The first kappa shape index (κ1) is 21.1. The van der Waals surface area contributed by atoms with Crippen LogP contribution in [0.5, 0.6) is 0 Å². The van der Waals surface area contributed by atoms with Gasteiger partial charge in [0.1, 0.15) is 0 Å². The number of carbonyl (C=O) groups excluding carboxylic acids is 1. The monoisotopic (exact) mass is 392 g/mol. The topological polar surface area (TPSA) is 48.5 Å². The predicted molar refractivity (Wildman–Crippen MR) is 120 cm³/mol. The molecule has 1 aromatic heterocycles. The maximum absolute atomic E-state index is 12.9. The lowest BCUT2D eigenvalue weighted by Gasteiger charge is -2.34. The average molecular weight is 393 g/mol. The minimum absolute atomic E-state index is 0.0779. The molecule has 0 saturated carbocycles. The highest BCUT2D eigenvalue weighted by molar-refractivity contribution is 5.94. The number of aromatic nitrogens is 1. The van der Waals surface area contributed by atoms with Crippen LogP contribution in [0.1, 0.15) is 42.1 Å².